The van der Waals surface area contributed by atoms with Gasteiger partial charge in [0.2, 0.25) is 0 Å². The fourth-order valence-electron chi connectivity index (χ4n) is 1.59. The molecular weight excluding hydrogens is 266 g/mol. The highest BCUT2D eigenvalue weighted by atomic mass is 19.3. The first kappa shape index (κ1) is 14.5. The monoisotopic (exact) mass is 282 g/mol. The zero-order chi connectivity index (χ0) is 14.2. The molecule has 20 heavy (non-hydrogen) atoms. The van der Waals surface area contributed by atoms with Gasteiger partial charge in [0.05, 0.1) is 24.2 Å². The molecule has 1 aromatic carbocycles. The van der Waals surface area contributed by atoms with Crippen molar-refractivity contribution in [3.63, 3.8) is 0 Å². The van der Waals surface area contributed by atoms with Gasteiger partial charge < -0.3 is 10.1 Å². The Morgan fingerprint density at radius 2 is 2.05 bits per heavy atom. The van der Waals surface area contributed by atoms with Crippen molar-refractivity contribution in [3.05, 3.63) is 42.2 Å². The third-order valence-electron chi connectivity index (χ3n) is 2.50. The summed E-state index contributed by atoms with van der Waals surface area (Å²) in [7, 11) is 0. The SMILES string of the molecule is FC(F)COCCNCc1cnn(-c2ccccc2)n1. The lowest BCUT2D eigenvalue weighted by Gasteiger charge is -2.04. The zero-order valence-corrected chi connectivity index (χ0v) is 10.9. The van der Waals surface area contributed by atoms with Crippen LogP contribution in [-0.2, 0) is 11.3 Å². The summed E-state index contributed by atoms with van der Waals surface area (Å²) in [4.78, 5) is 1.55. The Kier molecular flexibility index (Phi) is 5.57. The first-order valence-electron chi connectivity index (χ1n) is 6.29. The second-order valence-corrected chi connectivity index (χ2v) is 4.10. The molecule has 0 amide bonds. The van der Waals surface area contributed by atoms with E-state index in [1.54, 1.807) is 11.0 Å². The Bertz CT molecular complexity index is 504. The average Bonchev–Trinajstić information content (AvgIpc) is 2.92. The van der Waals surface area contributed by atoms with Gasteiger partial charge in [0.15, 0.2) is 0 Å². The predicted octanol–water partition coefficient (Wildman–Crippen LogP) is 1.64. The van der Waals surface area contributed by atoms with Crippen LogP contribution in [0.4, 0.5) is 8.78 Å². The Hall–Kier alpha value is -1.86. The molecule has 0 aliphatic carbocycles. The van der Waals surface area contributed by atoms with Crippen molar-refractivity contribution in [1.82, 2.24) is 20.3 Å². The highest BCUT2D eigenvalue weighted by molar-refractivity contribution is 5.28. The van der Waals surface area contributed by atoms with Gasteiger partial charge in [-0.15, -0.1) is 0 Å². The van der Waals surface area contributed by atoms with E-state index in [9.17, 15) is 8.78 Å². The molecule has 1 N–H and O–H groups in total. The van der Waals surface area contributed by atoms with Crippen LogP contribution in [0.25, 0.3) is 5.69 Å². The third-order valence-corrected chi connectivity index (χ3v) is 2.50. The molecule has 2 aromatic rings. The Labute approximate surface area is 115 Å². The van der Waals surface area contributed by atoms with Gasteiger partial charge in [-0.3, -0.25) is 0 Å². The van der Waals surface area contributed by atoms with E-state index in [-0.39, 0.29) is 6.61 Å². The predicted molar refractivity (Wildman–Crippen MR) is 69.9 cm³/mol. The Morgan fingerprint density at radius 3 is 2.80 bits per heavy atom. The van der Waals surface area contributed by atoms with Crippen molar-refractivity contribution < 1.29 is 13.5 Å². The molecule has 1 heterocycles. The van der Waals surface area contributed by atoms with E-state index in [0.29, 0.717) is 13.1 Å². The summed E-state index contributed by atoms with van der Waals surface area (Å²) in [5.41, 5.74) is 1.67. The van der Waals surface area contributed by atoms with Crippen molar-refractivity contribution >= 4 is 0 Å². The Morgan fingerprint density at radius 1 is 1.25 bits per heavy atom. The highest BCUT2D eigenvalue weighted by Gasteiger charge is 2.03. The lowest BCUT2D eigenvalue weighted by Crippen LogP contribution is -2.21. The molecular formula is C13H16F2N4O. The summed E-state index contributed by atoms with van der Waals surface area (Å²) in [6, 6.07) is 9.58. The molecule has 0 atom stereocenters. The fourth-order valence-corrected chi connectivity index (χ4v) is 1.59. The van der Waals surface area contributed by atoms with Crippen molar-refractivity contribution in [2.24, 2.45) is 0 Å². The van der Waals surface area contributed by atoms with E-state index in [1.165, 1.54) is 0 Å². The molecule has 0 aliphatic rings. The maximum atomic E-state index is 11.8. The van der Waals surface area contributed by atoms with Crippen LogP contribution in [0, 0.1) is 0 Å². The second kappa shape index (κ2) is 7.66. The lowest BCUT2D eigenvalue weighted by molar-refractivity contribution is 0.0187. The molecule has 0 saturated carbocycles. The molecule has 0 aliphatic heterocycles. The van der Waals surface area contributed by atoms with Crippen LogP contribution in [0.15, 0.2) is 36.5 Å². The number of aromatic nitrogens is 3. The van der Waals surface area contributed by atoms with Gasteiger partial charge in [-0.05, 0) is 12.1 Å². The van der Waals surface area contributed by atoms with Gasteiger partial charge in [0.1, 0.15) is 6.61 Å². The molecule has 0 radical (unpaired) electrons. The number of nitrogens with zero attached hydrogens (tertiary/aromatic N) is 3. The third kappa shape index (κ3) is 4.67. The summed E-state index contributed by atoms with van der Waals surface area (Å²) < 4.78 is 28.4. The van der Waals surface area contributed by atoms with Crippen LogP contribution >= 0.6 is 0 Å². The van der Waals surface area contributed by atoms with E-state index >= 15 is 0 Å². The number of hydrogen-bond donors (Lipinski definition) is 1. The number of benzene rings is 1. The first-order chi connectivity index (χ1) is 9.75. The summed E-state index contributed by atoms with van der Waals surface area (Å²) in [5, 5.41) is 11.5. The van der Waals surface area contributed by atoms with Crippen LogP contribution in [0.5, 0.6) is 0 Å². The lowest BCUT2D eigenvalue weighted by atomic mass is 10.3. The fraction of sp³-hybridized carbons (Fsp3) is 0.385. The molecule has 0 fully saturated rings. The summed E-state index contributed by atoms with van der Waals surface area (Å²) >= 11 is 0. The van der Waals surface area contributed by atoms with E-state index in [1.807, 2.05) is 30.3 Å². The first-order valence-corrected chi connectivity index (χ1v) is 6.29. The number of halogens is 2. The minimum atomic E-state index is -2.42. The minimum Gasteiger partial charge on any atom is -0.374 e. The van der Waals surface area contributed by atoms with Crippen molar-refractivity contribution in [2.45, 2.75) is 13.0 Å². The summed E-state index contributed by atoms with van der Waals surface area (Å²) in [6.45, 7) is 0.735. The molecule has 5 nitrogen and oxygen atoms in total. The molecule has 1 aromatic heterocycles. The van der Waals surface area contributed by atoms with Crippen LogP contribution in [0.1, 0.15) is 5.69 Å². The molecule has 7 heteroatoms. The maximum absolute atomic E-state index is 11.8. The van der Waals surface area contributed by atoms with E-state index in [2.05, 4.69) is 15.5 Å². The van der Waals surface area contributed by atoms with Crippen LogP contribution in [0.3, 0.4) is 0 Å². The maximum Gasteiger partial charge on any atom is 0.261 e. The van der Waals surface area contributed by atoms with Crippen LogP contribution in [0.2, 0.25) is 0 Å². The number of alkyl halides is 2. The quantitative estimate of drug-likeness (QED) is 0.748. The van der Waals surface area contributed by atoms with Gasteiger partial charge in [0, 0.05) is 13.1 Å². The standard InChI is InChI=1S/C13H16F2N4O/c14-13(15)10-20-7-6-16-8-11-9-17-19(18-11)12-4-2-1-3-5-12/h1-5,9,13,16H,6-8,10H2. The molecule has 0 unspecified atom stereocenters. The molecule has 108 valence electrons. The van der Waals surface area contributed by atoms with E-state index < -0.39 is 13.0 Å². The molecule has 0 bridgehead atoms. The number of hydrogen-bond acceptors (Lipinski definition) is 4. The number of rotatable bonds is 8. The Balaban J connectivity index is 1.71. The van der Waals surface area contributed by atoms with Crippen molar-refractivity contribution in [3.8, 4) is 5.69 Å². The normalized spacial score (nSPS) is 11.2. The van der Waals surface area contributed by atoms with Crippen molar-refractivity contribution in [2.75, 3.05) is 19.8 Å². The summed E-state index contributed by atoms with van der Waals surface area (Å²) in [5.74, 6) is 0. The van der Waals surface area contributed by atoms with Gasteiger partial charge in [-0.2, -0.15) is 15.0 Å². The van der Waals surface area contributed by atoms with Gasteiger partial charge >= 0.3 is 0 Å². The zero-order valence-electron chi connectivity index (χ0n) is 10.9. The molecule has 2 rings (SSSR count). The van der Waals surface area contributed by atoms with Gasteiger partial charge in [-0.25, -0.2) is 8.78 Å². The molecule has 0 spiro atoms. The van der Waals surface area contributed by atoms with E-state index in [0.717, 1.165) is 11.4 Å². The van der Waals surface area contributed by atoms with Crippen LogP contribution < -0.4 is 5.32 Å². The van der Waals surface area contributed by atoms with Gasteiger partial charge in [0.25, 0.3) is 6.43 Å². The number of nitrogens with one attached hydrogen (secondary N) is 1. The van der Waals surface area contributed by atoms with E-state index in [4.69, 9.17) is 4.74 Å². The minimum absolute atomic E-state index is 0.247. The topological polar surface area (TPSA) is 52.0 Å². The van der Waals surface area contributed by atoms with Crippen LogP contribution in [-0.4, -0.2) is 41.2 Å². The summed E-state index contributed by atoms with van der Waals surface area (Å²) in [6.07, 6.45) is -0.749. The van der Waals surface area contributed by atoms with Gasteiger partial charge in [-0.1, -0.05) is 18.2 Å². The highest BCUT2D eigenvalue weighted by Crippen LogP contribution is 2.03. The molecule has 0 saturated heterocycles. The second-order valence-electron chi connectivity index (χ2n) is 4.10. The largest absolute Gasteiger partial charge is 0.374 e. The van der Waals surface area contributed by atoms with Crippen molar-refractivity contribution in [1.29, 1.82) is 0 Å². The number of para-hydroxylation sites is 1. The number of ether oxygens (including phenoxy) is 1. The average molecular weight is 282 g/mol. The smallest absolute Gasteiger partial charge is 0.261 e.